The SMILES string of the molecule is CC(C)OC(=O)c1ccc(NC(C)C2CCOC2)cc1. The third-order valence-corrected chi connectivity index (χ3v) is 3.53. The molecule has 0 amide bonds. The Balaban J connectivity index is 1.92. The van der Waals surface area contributed by atoms with Crippen molar-refractivity contribution >= 4 is 11.7 Å². The smallest absolute Gasteiger partial charge is 0.338 e. The van der Waals surface area contributed by atoms with Crippen LogP contribution in [0.25, 0.3) is 0 Å². The van der Waals surface area contributed by atoms with Crippen molar-refractivity contribution in [2.24, 2.45) is 5.92 Å². The van der Waals surface area contributed by atoms with Gasteiger partial charge in [0.05, 0.1) is 18.3 Å². The zero-order valence-corrected chi connectivity index (χ0v) is 12.4. The minimum atomic E-state index is -0.274. The predicted molar refractivity (Wildman–Crippen MR) is 79.0 cm³/mol. The first-order chi connectivity index (χ1) is 9.56. The lowest BCUT2D eigenvalue weighted by Crippen LogP contribution is -2.26. The zero-order valence-electron chi connectivity index (χ0n) is 12.4. The molecule has 1 heterocycles. The first kappa shape index (κ1) is 14.9. The van der Waals surface area contributed by atoms with Crippen LogP contribution < -0.4 is 5.32 Å². The highest BCUT2D eigenvalue weighted by molar-refractivity contribution is 5.89. The molecule has 1 aromatic carbocycles. The molecule has 0 aliphatic carbocycles. The predicted octanol–water partition coefficient (Wildman–Crippen LogP) is 3.09. The van der Waals surface area contributed by atoms with Crippen molar-refractivity contribution < 1.29 is 14.3 Å². The molecule has 1 aliphatic heterocycles. The van der Waals surface area contributed by atoms with Crippen molar-refractivity contribution in [3.05, 3.63) is 29.8 Å². The van der Waals surface area contributed by atoms with Gasteiger partial charge in [-0.3, -0.25) is 0 Å². The summed E-state index contributed by atoms with van der Waals surface area (Å²) in [6.07, 6.45) is 1.01. The number of ether oxygens (including phenoxy) is 2. The van der Waals surface area contributed by atoms with Crippen LogP contribution in [0.3, 0.4) is 0 Å². The molecule has 4 nitrogen and oxygen atoms in total. The number of carbonyl (C=O) groups is 1. The van der Waals surface area contributed by atoms with Crippen molar-refractivity contribution in [2.75, 3.05) is 18.5 Å². The van der Waals surface area contributed by atoms with E-state index in [0.29, 0.717) is 17.5 Å². The highest BCUT2D eigenvalue weighted by atomic mass is 16.5. The van der Waals surface area contributed by atoms with E-state index in [0.717, 1.165) is 25.3 Å². The molecular weight excluding hydrogens is 254 g/mol. The Labute approximate surface area is 120 Å². The molecule has 0 aromatic heterocycles. The molecule has 2 unspecified atom stereocenters. The van der Waals surface area contributed by atoms with Gasteiger partial charge in [0.25, 0.3) is 0 Å². The van der Waals surface area contributed by atoms with Gasteiger partial charge >= 0.3 is 5.97 Å². The van der Waals surface area contributed by atoms with Crippen LogP contribution in [0.15, 0.2) is 24.3 Å². The van der Waals surface area contributed by atoms with Crippen molar-refractivity contribution in [2.45, 2.75) is 39.3 Å². The molecule has 1 N–H and O–H groups in total. The summed E-state index contributed by atoms with van der Waals surface area (Å²) in [5.41, 5.74) is 1.60. The number of benzene rings is 1. The lowest BCUT2D eigenvalue weighted by atomic mass is 10.0. The second-order valence-corrected chi connectivity index (χ2v) is 5.59. The molecule has 2 rings (SSSR count). The molecule has 0 saturated carbocycles. The van der Waals surface area contributed by atoms with Crippen molar-refractivity contribution in [3.8, 4) is 0 Å². The molecule has 20 heavy (non-hydrogen) atoms. The Kier molecular flexibility index (Phi) is 5.01. The average Bonchev–Trinajstić information content (AvgIpc) is 2.92. The van der Waals surface area contributed by atoms with Gasteiger partial charge in [0.15, 0.2) is 0 Å². The third kappa shape index (κ3) is 3.97. The lowest BCUT2D eigenvalue weighted by Gasteiger charge is -2.20. The summed E-state index contributed by atoms with van der Waals surface area (Å²) in [5, 5.41) is 3.46. The van der Waals surface area contributed by atoms with Crippen molar-refractivity contribution in [3.63, 3.8) is 0 Å². The maximum absolute atomic E-state index is 11.7. The van der Waals surface area contributed by atoms with Crippen LogP contribution in [0.5, 0.6) is 0 Å². The van der Waals surface area contributed by atoms with Crippen LogP contribution in [-0.2, 0) is 9.47 Å². The van der Waals surface area contributed by atoms with E-state index >= 15 is 0 Å². The fourth-order valence-electron chi connectivity index (χ4n) is 2.31. The Morgan fingerprint density at radius 3 is 2.55 bits per heavy atom. The fraction of sp³-hybridized carbons (Fsp3) is 0.562. The lowest BCUT2D eigenvalue weighted by molar-refractivity contribution is 0.0378. The van der Waals surface area contributed by atoms with Gasteiger partial charge in [-0.05, 0) is 51.5 Å². The molecule has 1 aromatic rings. The Morgan fingerprint density at radius 1 is 1.30 bits per heavy atom. The second-order valence-electron chi connectivity index (χ2n) is 5.59. The molecule has 1 saturated heterocycles. The quantitative estimate of drug-likeness (QED) is 0.840. The van der Waals surface area contributed by atoms with Gasteiger partial charge in [0, 0.05) is 24.3 Å². The minimum Gasteiger partial charge on any atom is -0.459 e. The topological polar surface area (TPSA) is 47.6 Å². The van der Waals surface area contributed by atoms with Gasteiger partial charge < -0.3 is 14.8 Å². The number of esters is 1. The first-order valence-corrected chi connectivity index (χ1v) is 7.21. The fourth-order valence-corrected chi connectivity index (χ4v) is 2.31. The Morgan fingerprint density at radius 2 is 2.00 bits per heavy atom. The summed E-state index contributed by atoms with van der Waals surface area (Å²) in [5.74, 6) is 0.282. The van der Waals surface area contributed by atoms with Gasteiger partial charge in [-0.1, -0.05) is 0 Å². The van der Waals surface area contributed by atoms with E-state index in [1.54, 1.807) is 12.1 Å². The molecule has 4 heteroatoms. The largest absolute Gasteiger partial charge is 0.459 e. The standard InChI is InChI=1S/C16H23NO3/c1-11(2)20-16(18)13-4-6-15(7-5-13)17-12(3)14-8-9-19-10-14/h4-7,11-12,14,17H,8-10H2,1-3H3. The molecule has 110 valence electrons. The van der Waals surface area contributed by atoms with E-state index in [1.807, 2.05) is 26.0 Å². The van der Waals surface area contributed by atoms with Crippen LogP contribution >= 0.6 is 0 Å². The van der Waals surface area contributed by atoms with Crippen molar-refractivity contribution in [1.82, 2.24) is 0 Å². The van der Waals surface area contributed by atoms with Crippen LogP contribution in [0.1, 0.15) is 37.6 Å². The summed E-state index contributed by atoms with van der Waals surface area (Å²) in [6, 6.07) is 7.80. The summed E-state index contributed by atoms with van der Waals surface area (Å²) in [7, 11) is 0. The number of nitrogens with one attached hydrogen (secondary N) is 1. The molecule has 0 radical (unpaired) electrons. The monoisotopic (exact) mass is 277 g/mol. The summed E-state index contributed by atoms with van der Waals surface area (Å²) in [6.45, 7) is 7.54. The first-order valence-electron chi connectivity index (χ1n) is 7.21. The van der Waals surface area contributed by atoms with Crippen LogP contribution in [0, 0.1) is 5.92 Å². The Bertz CT molecular complexity index is 436. The van der Waals surface area contributed by atoms with Gasteiger partial charge in [-0.25, -0.2) is 4.79 Å². The maximum atomic E-state index is 11.7. The highest BCUT2D eigenvalue weighted by Crippen LogP contribution is 2.20. The number of carbonyl (C=O) groups excluding carboxylic acids is 1. The van der Waals surface area contributed by atoms with E-state index in [9.17, 15) is 4.79 Å². The number of hydrogen-bond donors (Lipinski definition) is 1. The summed E-state index contributed by atoms with van der Waals surface area (Å²) >= 11 is 0. The normalized spacial score (nSPS) is 19.9. The minimum absolute atomic E-state index is 0.0947. The molecule has 2 atom stereocenters. The zero-order chi connectivity index (χ0) is 14.5. The van der Waals surface area contributed by atoms with Gasteiger partial charge in [0.1, 0.15) is 0 Å². The van der Waals surface area contributed by atoms with E-state index in [-0.39, 0.29) is 12.1 Å². The van der Waals surface area contributed by atoms with Crippen LogP contribution in [0.2, 0.25) is 0 Å². The van der Waals surface area contributed by atoms with E-state index in [2.05, 4.69) is 12.2 Å². The van der Waals surface area contributed by atoms with Gasteiger partial charge in [-0.2, -0.15) is 0 Å². The van der Waals surface area contributed by atoms with Crippen molar-refractivity contribution in [1.29, 1.82) is 0 Å². The average molecular weight is 277 g/mol. The number of rotatable bonds is 5. The second kappa shape index (κ2) is 6.75. The number of hydrogen-bond acceptors (Lipinski definition) is 4. The van der Waals surface area contributed by atoms with E-state index in [1.165, 1.54) is 0 Å². The molecular formula is C16H23NO3. The van der Waals surface area contributed by atoms with Gasteiger partial charge in [-0.15, -0.1) is 0 Å². The molecule has 1 fully saturated rings. The summed E-state index contributed by atoms with van der Waals surface area (Å²) < 4.78 is 10.6. The Hall–Kier alpha value is -1.55. The maximum Gasteiger partial charge on any atom is 0.338 e. The molecule has 0 spiro atoms. The third-order valence-electron chi connectivity index (χ3n) is 3.53. The van der Waals surface area contributed by atoms with Crippen LogP contribution in [-0.4, -0.2) is 31.3 Å². The van der Waals surface area contributed by atoms with Crippen LogP contribution in [0.4, 0.5) is 5.69 Å². The van der Waals surface area contributed by atoms with Gasteiger partial charge in [0.2, 0.25) is 0 Å². The summed E-state index contributed by atoms with van der Waals surface area (Å²) in [4.78, 5) is 11.7. The van der Waals surface area contributed by atoms with E-state index < -0.39 is 0 Å². The number of anilines is 1. The molecule has 0 bridgehead atoms. The van der Waals surface area contributed by atoms with E-state index in [4.69, 9.17) is 9.47 Å². The highest BCUT2D eigenvalue weighted by Gasteiger charge is 2.22. The molecule has 1 aliphatic rings.